The number of anilines is 1. The summed E-state index contributed by atoms with van der Waals surface area (Å²) in [4.78, 5) is 10.4. The molecule has 1 aromatic heterocycles. The summed E-state index contributed by atoms with van der Waals surface area (Å²) in [6.45, 7) is 0. The smallest absolute Gasteiger partial charge is 0.221 e. The Morgan fingerprint density at radius 2 is 2.46 bits per heavy atom. The summed E-state index contributed by atoms with van der Waals surface area (Å²) < 4.78 is 1.61. The Balaban J connectivity index is 2.68. The van der Waals surface area contributed by atoms with Crippen LogP contribution in [0.4, 0.5) is 5.82 Å². The van der Waals surface area contributed by atoms with Gasteiger partial charge < -0.3 is 11.5 Å². The molecule has 0 saturated carbocycles. The number of hydrogen-bond donors (Lipinski definition) is 2. The number of nitrogens with two attached hydrogens (primary N) is 2. The molecule has 0 aliphatic carbocycles. The fraction of sp³-hybridized carbons (Fsp3) is 0.250. The van der Waals surface area contributed by atoms with Crippen molar-refractivity contribution >= 4 is 17.8 Å². The minimum Gasteiger partial charge on any atom is -0.382 e. The zero-order valence-corrected chi connectivity index (χ0v) is 7.40. The summed E-state index contributed by atoms with van der Waals surface area (Å²) in [5.74, 6) is 0.0851. The van der Waals surface area contributed by atoms with Crippen LogP contribution in [0.15, 0.2) is 12.3 Å². The maximum absolute atomic E-state index is 10.4. The minimum atomic E-state index is -0.362. The zero-order valence-electron chi connectivity index (χ0n) is 7.40. The topological polar surface area (TPSA) is 86.9 Å². The van der Waals surface area contributed by atoms with E-state index in [1.54, 1.807) is 30.1 Å². The van der Waals surface area contributed by atoms with Gasteiger partial charge in [-0.25, -0.2) is 0 Å². The lowest BCUT2D eigenvalue weighted by Gasteiger charge is -1.86. The van der Waals surface area contributed by atoms with Crippen LogP contribution in [-0.2, 0) is 11.8 Å². The molecule has 0 bridgehead atoms. The summed E-state index contributed by atoms with van der Waals surface area (Å²) in [6, 6.07) is 0. The molecule has 0 saturated heterocycles. The van der Waals surface area contributed by atoms with E-state index < -0.39 is 0 Å². The van der Waals surface area contributed by atoms with Gasteiger partial charge in [-0.2, -0.15) is 5.10 Å². The summed E-state index contributed by atoms with van der Waals surface area (Å²) in [5, 5.41) is 3.94. The Labute approximate surface area is 76.0 Å². The molecular weight excluding hydrogens is 168 g/mol. The van der Waals surface area contributed by atoms with Gasteiger partial charge in [0.1, 0.15) is 0 Å². The van der Waals surface area contributed by atoms with E-state index in [4.69, 9.17) is 11.5 Å². The maximum atomic E-state index is 10.4. The predicted molar refractivity (Wildman–Crippen MR) is 50.5 cm³/mol. The fourth-order valence-corrected chi connectivity index (χ4v) is 0.954. The van der Waals surface area contributed by atoms with E-state index >= 15 is 0 Å². The maximum Gasteiger partial charge on any atom is 0.221 e. The molecule has 0 unspecified atom stereocenters. The molecule has 1 aromatic rings. The van der Waals surface area contributed by atoms with Crippen molar-refractivity contribution in [3.8, 4) is 0 Å². The molecule has 0 aliphatic heterocycles. The molecule has 1 rings (SSSR count). The highest BCUT2D eigenvalue weighted by Crippen LogP contribution is 2.09. The largest absolute Gasteiger partial charge is 0.382 e. The lowest BCUT2D eigenvalue weighted by Crippen LogP contribution is -2.07. The molecule has 13 heavy (non-hydrogen) atoms. The second kappa shape index (κ2) is 3.75. The Morgan fingerprint density at radius 3 is 2.92 bits per heavy atom. The molecule has 5 heteroatoms. The fourth-order valence-electron chi connectivity index (χ4n) is 0.954. The van der Waals surface area contributed by atoms with Gasteiger partial charge in [0.15, 0.2) is 5.82 Å². The summed E-state index contributed by atoms with van der Waals surface area (Å²) in [7, 11) is 1.78. The normalized spacial score (nSPS) is 10.8. The number of primary amides is 1. The van der Waals surface area contributed by atoms with Gasteiger partial charge >= 0.3 is 0 Å². The average Bonchev–Trinajstić information content (AvgIpc) is 2.29. The van der Waals surface area contributed by atoms with Gasteiger partial charge in [0.05, 0.1) is 0 Å². The number of carbonyl (C=O) groups is 1. The lowest BCUT2D eigenvalue weighted by molar-refractivity contribution is -0.117. The van der Waals surface area contributed by atoms with Crippen LogP contribution in [0.3, 0.4) is 0 Å². The molecule has 5 nitrogen and oxygen atoms in total. The number of nitrogen functional groups attached to an aromatic ring is 1. The van der Waals surface area contributed by atoms with Crippen LogP contribution in [-0.4, -0.2) is 15.7 Å². The molecule has 0 aliphatic rings. The monoisotopic (exact) mass is 180 g/mol. The third kappa shape index (κ3) is 2.62. The summed E-state index contributed by atoms with van der Waals surface area (Å²) >= 11 is 0. The van der Waals surface area contributed by atoms with Gasteiger partial charge in [-0.15, -0.1) is 0 Å². The van der Waals surface area contributed by atoms with Crippen LogP contribution in [0, 0.1) is 0 Å². The number of carbonyl (C=O) groups excluding carboxylic acids is 1. The van der Waals surface area contributed by atoms with Crippen LogP contribution in [0.2, 0.25) is 0 Å². The second-order valence-electron chi connectivity index (χ2n) is 2.72. The third-order valence-corrected chi connectivity index (χ3v) is 1.50. The van der Waals surface area contributed by atoms with Crippen molar-refractivity contribution in [2.75, 3.05) is 5.73 Å². The molecule has 0 radical (unpaired) electrons. The Kier molecular flexibility index (Phi) is 2.69. The van der Waals surface area contributed by atoms with E-state index in [1.165, 1.54) is 0 Å². The van der Waals surface area contributed by atoms with E-state index in [0.717, 1.165) is 5.56 Å². The standard InChI is InChI=1S/C8H12N4O/c1-12-5-6(8(10)11-12)3-2-4-7(9)13/h2-3,5H,4H2,1H3,(H2,9,13)(H2,10,11). The van der Waals surface area contributed by atoms with Gasteiger partial charge in [-0.1, -0.05) is 12.2 Å². The van der Waals surface area contributed by atoms with Crippen LogP contribution in [0.25, 0.3) is 6.08 Å². The van der Waals surface area contributed by atoms with Crippen molar-refractivity contribution in [3.05, 3.63) is 17.8 Å². The van der Waals surface area contributed by atoms with E-state index in [9.17, 15) is 4.79 Å². The number of aryl methyl sites for hydroxylation is 1. The molecule has 0 fully saturated rings. The van der Waals surface area contributed by atoms with E-state index in [1.807, 2.05) is 0 Å². The van der Waals surface area contributed by atoms with Gasteiger partial charge in [0, 0.05) is 25.2 Å². The van der Waals surface area contributed by atoms with Crippen molar-refractivity contribution in [2.45, 2.75) is 6.42 Å². The second-order valence-corrected chi connectivity index (χ2v) is 2.72. The quantitative estimate of drug-likeness (QED) is 0.680. The van der Waals surface area contributed by atoms with Crippen molar-refractivity contribution < 1.29 is 4.79 Å². The first-order valence-corrected chi connectivity index (χ1v) is 3.83. The number of hydrogen-bond acceptors (Lipinski definition) is 3. The molecular formula is C8H12N4O. The number of aromatic nitrogens is 2. The molecule has 0 spiro atoms. The van der Waals surface area contributed by atoms with Crippen molar-refractivity contribution in [3.63, 3.8) is 0 Å². The van der Waals surface area contributed by atoms with E-state index in [0.29, 0.717) is 5.82 Å². The molecule has 0 atom stereocenters. The van der Waals surface area contributed by atoms with Crippen molar-refractivity contribution in [1.82, 2.24) is 9.78 Å². The summed E-state index contributed by atoms with van der Waals surface area (Å²) in [6.07, 6.45) is 5.38. The van der Waals surface area contributed by atoms with E-state index in [-0.39, 0.29) is 12.3 Å². The van der Waals surface area contributed by atoms with Crippen LogP contribution in [0.5, 0.6) is 0 Å². The predicted octanol–water partition coefficient (Wildman–Crippen LogP) is -0.109. The number of rotatable bonds is 3. The number of amides is 1. The molecule has 4 N–H and O–H groups in total. The van der Waals surface area contributed by atoms with Crippen LogP contribution < -0.4 is 11.5 Å². The first-order chi connectivity index (χ1) is 6.09. The highest BCUT2D eigenvalue weighted by atomic mass is 16.1. The van der Waals surface area contributed by atoms with Crippen LogP contribution in [0.1, 0.15) is 12.0 Å². The lowest BCUT2D eigenvalue weighted by atomic mass is 10.2. The molecule has 70 valence electrons. The number of nitrogens with zero attached hydrogens (tertiary/aromatic N) is 2. The van der Waals surface area contributed by atoms with Gasteiger partial charge in [-0.3, -0.25) is 9.48 Å². The first-order valence-electron chi connectivity index (χ1n) is 3.83. The molecule has 1 heterocycles. The third-order valence-electron chi connectivity index (χ3n) is 1.50. The van der Waals surface area contributed by atoms with Gasteiger partial charge in [0.25, 0.3) is 0 Å². The Morgan fingerprint density at radius 1 is 1.77 bits per heavy atom. The van der Waals surface area contributed by atoms with Crippen molar-refractivity contribution in [2.24, 2.45) is 12.8 Å². The first kappa shape index (κ1) is 9.31. The summed E-state index contributed by atoms with van der Waals surface area (Å²) in [5.41, 5.74) is 11.3. The molecule has 1 amide bonds. The molecule has 0 aromatic carbocycles. The zero-order chi connectivity index (χ0) is 9.84. The van der Waals surface area contributed by atoms with E-state index in [2.05, 4.69) is 5.10 Å². The SMILES string of the molecule is Cn1cc(C=CCC(N)=O)c(N)n1. The Hall–Kier alpha value is -1.78. The highest BCUT2D eigenvalue weighted by molar-refractivity contribution is 5.77. The van der Waals surface area contributed by atoms with Crippen molar-refractivity contribution in [1.29, 1.82) is 0 Å². The average molecular weight is 180 g/mol. The van der Waals surface area contributed by atoms with Gasteiger partial charge in [-0.05, 0) is 0 Å². The highest BCUT2D eigenvalue weighted by Gasteiger charge is 1.98. The Bertz CT molecular complexity index is 340. The minimum absolute atomic E-state index is 0.217. The van der Waals surface area contributed by atoms with Gasteiger partial charge in [0.2, 0.25) is 5.91 Å². The van der Waals surface area contributed by atoms with Crippen LogP contribution >= 0.6 is 0 Å².